The Labute approximate surface area is 218 Å². The first-order chi connectivity index (χ1) is 17.6. The van der Waals surface area contributed by atoms with Crippen LogP contribution in [0.5, 0.6) is 0 Å². The van der Waals surface area contributed by atoms with Gasteiger partial charge in [0, 0.05) is 19.1 Å². The SMILES string of the molecule is Cc1ccc(CNCCCS(=O)(=O)N2CCC(Nc3nc(N)c(C(=O)c4c(F)cccc4F)s3)CC2)o1. The van der Waals surface area contributed by atoms with Crippen molar-refractivity contribution in [1.29, 1.82) is 0 Å². The van der Waals surface area contributed by atoms with Gasteiger partial charge >= 0.3 is 0 Å². The second kappa shape index (κ2) is 11.7. The zero-order chi connectivity index (χ0) is 26.6. The molecule has 4 N–H and O–H groups in total. The lowest BCUT2D eigenvalue weighted by Crippen LogP contribution is -2.43. The summed E-state index contributed by atoms with van der Waals surface area (Å²) in [6, 6.07) is 6.88. The van der Waals surface area contributed by atoms with Gasteiger partial charge in [-0.25, -0.2) is 26.5 Å². The molecule has 3 aromatic rings. The van der Waals surface area contributed by atoms with Crippen LogP contribution in [0, 0.1) is 18.6 Å². The lowest BCUT2D eigenvalue weighted by Gasteiger charge is -2.31. The number of sulfonamides is 1. The van der Waals surface area contributed by atoms with E-state index in [0.29, 0.717) is 50.6 Å². The van der Waals surface area contributed by atoms with Crippen LogP contribution in [0.1, 0.15) is 46.0 Å². The zero-order valence-electron chi connectivity index (χ0n) is 20.3. The summed E-state index contributed by atoms with van der Waals surface area (Å²) < 4.78 is 60.5. The number of rotatable bonds is 11. The molecule has 0 radical (unpaired) electrons. The molecule has 0 spiro atoms. The molecule has 1 fully saturated rings. The Hall–Kier alpha value is -2.87. The van der Waals surface area contributed by atoms with E-state index in [9.17, 15) is 22.0 Å². The number of halogens is 2. The number of piperidine rings is 1. The molecular weight excluding hydrogens is 524 g/mol. The highest BCUT2D eigenvalue weighted by molar-refractivity contribution is 7.89. The van der Waals surface area contributed by atoms with E-state index in [2.05, 4.69) is 15.6 Å². The minimum atomic E-state index is -3.38. The highest BCUT2D eigenvalue weighted by Gasteiger charge is 2.29. The van der Waals surface area contributed by atoms with Crippen LogP contribution in [0.2, 0.25) is 0 Å². The topological polar surface area (TPSA) is 131 Å². The van der Waals surface area contributed by atoms with Crippen LogP contribution < -0.4 is 16.4 Å². The van der Waals surface area contributed by atoms with Crippen LogP contribution in [-0.2, 0) is 16.6 Å². The number of ketones is 1. The summed E-state index contributed by atoms with van der Waals surface area (Å²) in [5.74, 6) is -1.22. The number of carbonyl (C=O) groups excluding carboxylic acids is 1. The van der Waals surface area contributed by atoms with Crippen molar-refractivity contribution in [2.24, 2.45) is 0 Å². The van der Waals surface area contributed by atoms with E-state index < -0.39 is 33.0 Å². The van der Waals surface area contributed by atoms with Crippen molar-refractivity contribution in [3.63, 3.8) is 0 Å². The molecule has 37 heavy (non-hydrogen) atoms. The number of furan rings is 1. The molecule has 2 aromatic heterocycles. The number of hydrogen-bond donors (Lipinski definition) is 3. The Morgan fingerprint density at radius 2 is 1.92 bits per heavy atom. The maximum absolute atomic E-state index is 14.0. The van der Waals surface area contributed by atoms with Gasteiger partial charge in [0.1, 0.15) is 33.8 Å². The van der Waals surface area contributed by atoms with Crippen molar-refractivity contribution < 1.29 is 26.4 Å². The number of thiazole rings is 1. The van der Waals surface area contributed by atoms with Gasteiger partial charge in [0.2, 0.25) is 15.8 Å². The molecule has 0 aliphatic carbocycles. The van der Waals surface area contributed by atoms with Crippen molar-refractivity contribution >= 4 is 38.1 Å². The molecule has 1 aliphatic rings. The third-order valence-electron chi connectivity index (χ3n) is 6.08. The fourth-order valence-corrected chi connectivity index (χ4v) is 6.58. The van der Waals surface area contributed by atoms with Crippen molar-refractivity contribution in [2.45, 2.75) is 38.8 Å². The van der Waals surface area contributed by atoms with Crippen LogP contribution in [0.25, 0.3) is 0 Å². The van der Waals surface area contributed by atoms with Crippen molar-refractivity contribution in [3.05, 3.63) is 63.9 Å². The van der Waals surface area contributed by atoms with Gasteiger partial charge in [-0.3, -0.25) is 4.79 Å². The van der Waals surface area contributed by atoms with E-state index >= 15 is 0 Å². The van der Waals surface area contributed by atoms with Crippen molar-refractivity contribution in [1.82, 2.24) is 14.6 Å². The van der Waals surface area contributed by atoms with Gasteiger partial charge in [-0.15, -0.1) is 0 Å². The Morgan fingerprint density at radius 1 is 1.22 bits per heavy atom. The predicted octanol–water partition coefficient (Wildman–Crippen LogP) is 3.52. The summed E-state index contributed by atoms with van der Waals surface area (Å²) in [6.07, 6.45) is 1.57. The first-order valence-electron chi connectivity index (χ1n) is 11.9. The molecule has 1 saturated heterocycles. The fraction of sp³-hybridized carbons (Fsp3) is 0.417. The molecule has 0 amide bonds. The Kier molecular flexibility index (Phi) is 8.57. The number of benzene rings is 1. The quantitative estimate of drug-likeness (QED) is 0.243. The normalized spacial score (nSPS) is 15.2. The number of nitrogens with zero attached hydrogens (tertiary/aromatic N) is 2. The number of nitrogen functional groups attached to an aromatic ring is 1. The maximum Gasteiger partial charge on any atom is 0.214 e. The zero-order valence-corrected chi connectivity index (χ0v) is 21.9. The molecule has 0 unspecified atom stereocenters. The van der Waals surface area contributed by atoms with Gasteiger partial charge in [0.15, 0.2) is 5.13 Å². The van der Waals surface area contributed by atoms with Crippen LogP contribution >= 0.6 is 11.3 Å². The molecule has 1 aromatic carbocycles. The number of aromatic nitrogens is 1. The van der Waals surface area contributed by atoms with Crippen LogP contribution in [0.15, 0.2) is 34.7 Å². The fourth-order valence-electron chi connectivity index (χ4n) is 4.14. The molecule has 13 heteroatoms. The van der Waals surface area contributed by atoms with Gasteiger partial charge in [-0.2, -0.15) is 0 Å². The van der Waals surface area contributed by atoms with E-state index in [1.807, 2.05) is 19.1 Å². The highest BCUT2D eigenvalue weighted by Crippen LogP contribution is 2.30. The summed E-state index contributed by atoms with van der Waals surface area (Å²) >= 11 is 0.920. The van der Waals surface area contributed by atoms with Crippen molar-refractivity contribution in [2.75, 3.05) is 36.4 Å². The van der Waals surface area contributed by atoms with Gasteiger partial charge in [-0.05, 0) is 57.0 Å². The van der Waals surface area contributed by atoms with Gasteiger partial charge in [-0.1, -0.05) is 17.4 Å². The molecule has 0 bridgehead atoms. The van der Waals surface area contributed by atoms with E-state index in [4.69, 9.17) is 10.2 Å². The monoisotopic (exact) mass is 553 g/mol. The van der Waals surface area contributed by atoms with Gasteiger partial charge in [0.25, 0.3) is 0 Å². The maximum atomic E-state index is 14.0. The number of aryl methyl sites for hydroxylation is 1. The second-order valence-electron chi connectivity index (χ2n) is 8.84. The number of nitrogens with two attached hydrogens (primary N) is 1. The largest absolute Gasteiger partial charge is 0.465 e. The number of anilines is 2. The van der Waals surface area contributed by atoms with Crippen molar-refractivity contribution in [3.8, 4) is 0 Å². The van der Waals surface area contributed by atoms with Crippen LogP contribution in [-0.4, -0.2) is 54.9 Å². The molecular formula is C24H29F2N5O4S2. The smallest absolute Gasteiger partial charge is 0.214 e. The van der Waals surface area contributed by atoms with E-state index in [1.165, 1.54) is 10.4 Å². The second-order valence-corrected chi connectivity index (χ2v) is 11.9. The lowest BCUT2D eigenvalue weighted by molar-refractivity contribution is 0.103. The molecule has 1 aliphatic heterocycles. The minimum absolute atomic E-state index is 0.0520. The van der Waals surface area contributed by atoms with Crippen LogP contribution in [0.3, 0.4) is 0 Å². The summed E-state index contributed by atoms with van der Waals surface area (Å²) in [5, 5.41) is 6.71. The third-order valence-corrected chi connectivity index (χ3v) is 9.03. The molecule has 0 atom stereocenters. The average Bonchev–Trinajstić information content (AvgIpc) is 3.43. The summed E-state index contributed by atoms with van der Waals surface area (Å²) in [7, 11) is -3.38. The highest BCUT2D eigenvalue weighted by atomic mass is 32.2. The number of nitrogens with one attached hydrogen (secondary N) is 2. The first-order valence-corrected chi connectivity index (χ1v) is 14.3. The van der Waals surface area contributed by atoms with Crippen LogP contribution in [0.4, 0.5) is 19.7 Å². The molecule has 200 valence electrons. The Bertz CT molecular complexity index is 1330. The Morgan fingerprint density at radius 3 is 2.57 bits per heavy atom. The Balaban J connectivity index is 1.25. The molecule has 3 heterocycles. The molecule has 4 rings (SSSR count). The van der Waals surface area contributed by atoms with E-state index in [0.717, 1.165) is 35.0 Å². The number of carbonyl (C=O) groups is 1. The van der Waals surface area contributed by atoms with Gasteiger partial charge < -0.3 is 20.8 Å². The first kappa shape index (κ1) is 27.2. The summed E-state index contributed by atoms with van der Waals surface area (Å²) in [5.41, 5.74) is 5.19. The summed E-state index contributed by atoms with van der Waals surface area (Å²) in [4.78, 5) is 16.7. The minimum Gasteiger partial charge on any atom is -0.465 e. The molecule has 9 nitrogen and oxygen atoms in total. The van der Waals surface area contributed by atoms with E-state index in [1.54, 1.807) is 0 Å². The van der Waals surface area contributed by atoms with Gasteiger partial charge in [0.05, 0.1) is 17.9 Å². The number of hydrogen-bond acceptors (Lipinski definition) is 9. The summed E-state index contributed by atoms with van der Waals surface area (Å²) in [6.45, 7) is 3.68. The predicted molar refractivity (Wildman–Crippen MR) is 138 cm³/mol. The molecule has 0 saturated carbocycles. The average molecular weight is 554 g/mol. The lowest BCUT2D eigenvalue weighted by atomic mass is 10.1. The van der Waals surface area contributed by atoms with E-state index in [-0.39, 0.29) is 22.5 Å². The third kappa shape index (κ3) is 6.72. The standard InChI is InChI=1S/C24H29F2N5O4S2/c1-15-6-7-17(35-15)14-28-10-3-13-37(33,34)31-11-8-16(9-12-31)29-24-30-23(27)22(36-24)21(32)20-18(25)4-2-5-19(20)26/h2,4-7,16,28H,3,8-14,27H2,1H3,(H,29,30).